The molecule has 24 heavy (non-hydrogen) atoms. The molecule has 2 rings (SSSR count). The first kappa shape index (κ1) is 17.0. The number of nitrogens with two attached hydrogens (primary N) is 1. The maximum absolute atomic E-state index is 11.8. The average Bonchev–Trinajstić information content (AvgIpc) is 2.56. The fourth-order valence-electron chi connectivity index (χ4n) is 1.80. The minimum Gasteiger partial charge on any atom is -0.484 e. The van der Waals surface area contributed by atoms with Crippen molar-refractivity contribution in [3.8, 4) is 5.75 Å². The van der Waals surface area contributed by atoms with E-state index in [-0.39, 0.29) is 12.5 Å². The summed E-state index contributed by atoms with van der Waals surface area (Å²) in [5, 5.41) is 6.40. The van der Waals surface area contributed by atoms with Crippen molar-refractivity contribution < 1.29 is 14.3 Å². The van der Waals surface area contributed by atoms with Gasteiger partial charge in [-0.25, -0.2) is 10.2 Å². The highest BCUT2D eigenvalue weighted by molar-refractivity contribution is 5.91. The molecule has 0 radical (unpaired) electrons. The van der Waals surface area contributed by atoms with Crippen molar-refractivity contribution in [1.82, 2.24) is 5.43 Å². The van der Waals surface area contributed by atoms with Gasteiger partial charge in [-0.3, -0.25) is 4.79 Å². The third-order valence-electron chi connectivity index (χ3n) is 2.97. The number of rotatable bonds is 6. The molecule has 7 nitrogen and oxygen atoms in total. The number of anilines is 1. The molecule has 0 bridgehead atoms. The molecular formula is C17H18N4O3. The van der Waals surface area contributed by atoms with Crippen LogP contribution in [0, 0.1) is 6.92 Å². The standard InChI is InChI=1S/C17H18N4O3/c1-12-2-6-14(7-3-12)20-16(22)11-24-15-8-4-13(5-9-15)10-19-21-17(18)23/h2-10H,11H2,1H3,(H,20,22)(H3,18,21,23)/b19-10+. The Morgan fingerprint density at radius 2 is 1.79 bits per heavy atom. The molecule has 0 spiro atoms. The van der Waals surface area contributed by atoms with Crippen LogP contribution >= 0.6 is 0 Å². The van der Waals surface area contributed by atoms with Gasteiger partial charge in [-0.1, -0.05) is 17.7 Å². The van der Waals surface area contributed by atoms with E-state index in [1.165, 1.54) is 6.21 Å². The van der Waals surface area contributed by atoms with Crippen LogP contribution in [0.1, 0.15) is 11.1 Å². The number of hydrogen-bond acceptors (Lipinski definition) is 4. The van der Waals surface area contributed by atoms with Crippen LogP contribution in [-0.2, 0) is 4.79 Å². The number of urea groups is 1. The number of primary amides is 1. The zero-order valence-corrected chi connectivity index (χ0v) is 13.2. The number of amides is 3. The average molecular weight is 326 g/mol. The predicted octanol–water partition coefficient (Wildman–Crippen LogP) is 2.01. The summed E-state index contributed by atoms with van der Waals surface area (Å²) in [6, 6.07) is 13.6. The van der Waals surface area contributed by atoms with E-state index in [2.05, 4.69) is 15.8 Å². The molecule has 0 aliphatic carbocycles. The number of hydrazone groups is 1. The van der Waals surface area contributed by atoms with E-state index in [0.29, 0.717) is 5.75 Å². The van der Waals surface area contributed by atoms with Gasteiger partial charge >= 0.3 is 6.03 Å². The molecule has 2 aromatic rings. The number of carbonyl (C=O) groups is 2. The normalized spacial score (nSPS) is 10.4. The molecule has 0 aromatic heterocycles. The Labute approximate surface area is 139 Å². The number of benzene rings is 2. The van der Waals surface area contributed by atoms with Crippen LogP contribution in [0.3, 0.4) is 0 Å². The van der Waals surface area contributed by atoms with Crippen molar-refractivity contribution in [2.75, 3.05) is 11.9 Å². The Bertz CT molecular complexity index is 725. The third-order valence-corrected chi connectivity index (χ3v) is 2.97. The first-order valence-electron chi connectivity index (χ1n) is 7.21. The van der Waals surface area contributed by atoms with Crippen molar-refractivity contribution in [3.63, 3.8) is 0 Å². The molecule has 0 aliphatic heterocycles. The smallest absolute Gasteiger partial charge is 0.332 e. The summed E-state index contributed by atoms with van der Waals surface area (Å²) < 4.78 is 5.42. The number of hydrogen-bond donors (Lipinski definition) is 3. The lowest BCUT2D eigenvalue weighted by Crippen LogP contribution is -2.24. The molecule has 0 unspecified atom stereocenters. The maximum Gasteiger partial charge on any atom is 0.332 e. The van der Waals surface area contributed by atoms with E-state index >= 15 is 0 Å². The summed E-state index contributed by atoms with van der Waals surface area (Å²) in [6.07, 6.45) is 1.44. The SMILES string of the molecule is Cc1ccc(NC(=O)COc2ccc(/C=N/NC(N)=O)cc2)cc1. The van der Waals surface area contributed by atoms with Gasteiger partial charge in [0.2, 0.25) is 0 Å². The van der Waals surface area contributed by atoms with Crippen LogP contribution in [0.2, 0.25) is 0 Å². The fraction of sp³-hybridized carbons (Fsp3) is 0.118. The molecule has 0 fully saturated rings. The Morgan fingerprint density at radius 1 is 1.12 bits per heavy atom. The van der Waals surface area contributed by atoms with Crippen molar-refractivity contribution in [2.45, 2.75) is 6.92 Å². The van der Waals surface area contributed by atoms with Gasteiger partial charge < -0.3 is 15.8 Å². The zero-order chi connectivity index (χ0) is 17.4. The maximum atomic E-state index is 11.8. The molecule has 0 saturated heterocycles. The summed E-state index contributed by atoms with van der Waals surface area (Å²) in [7, 11) is 0. The molecule has 0 heterocycles. The van der Waals surface area contributed by atoms with Gasteiger partial charge in [-0.2, -0.15) is 5.10 Å². The topological polar surface area (TPSA) is 106 Å². The number of aryl methyl sites for hydroxylation is 1. The van der Waals surface area contributed by atoms with E-state index in [9.17, 15) is 9.59 Å². The predicted molar refractivity (Wildman–Crippen MR) is 92.1 cm³/mol. The third kappa shape index (κ3) is 5.80. The highest BCUT2D eigenvalue weighted by Crippen LogP contribution is 2.12. The van der Waals surface area contributed by atoms with E-state index in [0.717, 1.165) is 16.8 Å². The molecule has 2 aromatic carbocycles. The first-order valence-corrected chi connectivity index (χ1v) is 7.21. The van der Waals surface area contributed by atoms with Crippen molar-refractivity contribution >= 4 is 23.8 Å². The van der Waals surface area contributed by atoms with E-state index < -0.39 is 6.03 Å². The van der Waals surface area contributed by atoms with Crippen molar-refractivity contribution in [1.29, 1.82) is 0 Å². The quantitative estimate of drug-likeness (QED) is 0.558. The highest BCUT2D eigenvalue weighted by atomic mass is 16.5. The summed E-state index contributed by atoms with van der Waals surface area (Å²) in [6.45, 7) is 1.89. The second kappa shape index (κ2) is 8.33. The molecule has 4 N–H and O–H groups in total. The van der Waals surface area contributed by atoms with E-state index in [1.54, 1.807) is 24.3 Å². The summed E-state index contributed by atoms with van der Waals surface area (Å²) in [4.78, 5) is 22.3. The first-order chi connectivity index (χ1) is 11.5. The number of nitrogens with one attached hydrogen (secondary N) is 2. The van der Waals surface area contributed by atoms with Gasteiger partial charge in [0.05, 0.1) is 6.21 Å². The van der Waals surface area contributed by atoms with Crippen molar-refractivity contribution in [3.05, 3.63) is 59.7 Å². The lowest BCUT2D eigenvalue weighted by molar-refractivity contribution is -0.118. The second-order valence-electron chi connectivity index (χ2n) is 5.01. The number of nitrogens with zero attached hydrogens (tertiary/aromatic N) is 1. The Hall–Kier alpha value is -3.35. The largest absolute Gasteiger partial charge is 0.484 e. The molecule has 0 aliphatic rings. The molecular weight excluding hydrogens is 308 g/mol. The van der Waals surface area contributed by atoms with Crippen LogP contribution in [0.25, 0.3) is 0 Å². The summed E-state index contributed by atoms with van der Waals surface area (Å²) in [5.74, 6) is 0.309. The van der Waals surface area contributed by atoms with Crippen LogP contribution in [0.4, 0.5) is 10.5 Å². The monoisotopic (exact) mass is 326 g/mol. The lowest BCUT2D eigenvalue weighted by Gasteiger charge is -2.08. The van der Waals surface area contributed by atoms with Gasteiger partial charge in [-0.05, 0) is 48.9 Å². The Kier molecular flexibility index (Phi) is 5.90. The fourth-order valence-corrected chi connectivity index (χ4v) is 1.80. The van der Waals surface area contributed by atoms with E-state index in [1.807, 2.05) is 31.2 Å². The molecule has 0 atom stereocenters. The molecule has 7 heteroatoms. The summed E-state index contributed by atoms with van der Waals surface area (Å²) >= 11 is 0. The van der Waals surface area contributed by atoms with Gasteiger partial charge in [-0.15, -0.1) is 0 Å². The van der Waals surface area contributed by atoms with Crippen LogP contribution in [0.15, 0.2) is 53.6 Å². The van der Waals surface area contributed by atoms with E-state index in [4.69, 9.17) is 10.5 Å². The van der Waals surface area contributed by atoms with Gasteiger partial charge in [0.15, 0.2) is 6.61 Å². The second-order valence-corrected chi connectivity index (χ2v) is 5.01. The van der Waals surface area contributed by atoms with Gasteiger partial charge in [0.25, 0.3) is 5.91 Å². The van der Waals surface area contributed by atoms with Crippen molar-refractivity contribution in [2.24, 2.45) is 10.8 Å². The zero-order valence-electron chi connectivity index (χ0n) is 13.2. The Balaban J connectivity index is 1.81. The highest BCUT2D eigenvalue weighted by Gasteiger charge is 2.03. The lowest BCUT2D eigenvalue weighted by atomic mass is 10.2. The molecule has 3 amide bonds. The van der Waals surface area contributed by atoms with Gasteiger partial charge in [0.1, 0.15) is 5.75 Å². The Morgan fingerprint density at radius 3 is 2.42 bits per heavy atom. The minimum atomic E-state index is -0.731. The summed E-state index contributed by atoms with van der Waals surface area (Å²) in [5.41, 5.74) is 9.59. The molecule has 0 saturated carbocycles. The molecule has 124 valence electrons. The van der Waals surface area contributed by atoms with Gasteiger partial charge in [0, 0.05) is 5.69 Å². The van der Waals surface area contributed by atoms with Crippen LogP contribution in [0.5, 0.6) is 5.75 Å². The number of carbonyl (C=O) groups excluding carboxylic acids is 2. The minimum absolute atomic E-state index is 0.0927. The number of ether oxygens (including phenoxy) is 1. The van der Waals surface area contributed by atoms with Crippen LogP contribution < -0.4 is 21.2 Å². The van der Waals surface area contributed by atoms with Crippen LogP contribution in [-0.4, -0.2) is 24.8 Å².